The summed E-state index contributed by atoms with van der Waals surface area (Å²) >= 11 is 0. The molecule has 5 heteroatoms. The molecule has 1 aliphatic rings. The van der Waals surface area contributed by atoms with Gasteiger partial charge in [0.25, 0.3) is 0 Å². The zero-order valence-corrected chi connectivity index (χ0v) is 16.1. The van der Waals surface area contributed by atoms with Crippen LogP contribution in [0.1, 0.15) is 24.2 Å². The SMILES string of the molecule is COc1ccc(NCc2nn3cc(-c4ccccc4)c4c3n2CCCC4)cc1. The van der Waals surface area contributed by atoms with Gasteiger partial charge in [0.05, 0.1) is 13.7 Å². The second kappa shape index (κ2) is 7.08. The summed E-state index contributed by atoms with van der Waals surface area (Å²) < 4.78 is 9.70. The third kappa shape index (κ3) is 2.93. The van der Waals surface area contributed by atoms with Crippen LogP contribution in [-0.2, 0) is 19.5 Å². The van der Waals surface area contributed by atoms with Gasteiger partial charge in [0, 0.05) is 29.6 Å². The Morgan fingerprint density at radius 1 is 1.04 bits per heavy atom. The van der Waals surface area contributed by atoms with Crippen LogP contribution >= 0.6 is 0 Å². The molecule has 0 saturated carbocycles. The van der Waals surface area contributed by atoms with Gasteiger partial charge in [0.2, 0.25) is 0 Å². The Kier molecular flexibility index (Phi) is 4.28. The molecule has 0 unspecified atom stereocenters. The molecule has 0 amide bonds. The fraction of sp³-hybridized carbons (Fsp3) is 0.261. The molecular weight excluding hydrogens is 348 g/mol. The van der Waals surface area contributed by atoms with Crippen molar-refractivity contribution in [2.24, 2.45) is 0 Å². The Morgan fingerprint density at radius 2 is 1.86 bits per heavy atom. The molecule has 0 aliphatic carbocycles. The summed E-state index contributed by atoms with van der Waals surface area (Å²) in [6.45, 7) is 1.72. The molecule has 5 rings (SSSR count). The lowest BCUT2D eigenvalue weighted by molar-refractivity contribution is 0.415. The van der Waals surface area contributed by atoms with Gasteiger partial charge in [-0.15, -0.1) is 0 Å². The van der Waals surface area contributed by atoms with E-state index in [1.807, 2.05) is 24.3 Å². The van der Waals surface area contributed by atoms with Crippen LogP contribution in [-0.4, -0.2) is 21.3 Å². The van der Waals surface area contributed by atoms with Crippen LogP contribution in [0.4, 0.5) is 5.69 Å². The molecule has 0 fully saturated rings. The Balaban J connectivity index is 1.48. The number of nitrogens with one attached hydrogen (secondary N) is 1. The van der Waals surface area contributed by atoms with Crippen LogP contribution in [0.15, 0.2) is 60.8 Å². The van der Waals surface area contributed by atoms with Crippen molar-refractivity contribution in [2.75, 3.05) is 12.4 Å². The molecule has 0 spiro atoms. The largest absolute Gasteiger partial charge is 0.497 e. The summed E-state index contributed by atoms with van der Waals surface area (Å²) in [5, 5.41) is 8.41. The molecule has 1 N–H and O–H groups in total. The molecule has 2 aromatic carbocycles. The minimum atomic E-state index is 0.702. The molecule has 0 radical (unpaired) electrons. The number of nitrogens with zero attached hydrogens (tertiary/aromatic N) is 3. The van der Waals surface area contributed by atoms with Gasteiger partial charge in [0.15, 0.2) is 5.82 Å². The van der Waals surface area contributed by atoms with Crippen molar-refractivity contribution in [2.45, 2.75) is 32.4 Å². The number of hydrogen-bond acceptors (Lipinski definition) is 3. The highest BCUT2D eigenvalue weighted by Gasteiger charge is 2.22. The van der Waals surface area contributed by atoms with Crippen molar-refractivity contribution >= 4 is 11.3 Å². The summed E-state index contributed by atoms with van der Waals surface area (Å²) in [5.74, 6) is 1.94. The number of anilines is 1. The molecule has 0 bridgehead atoms. The van der Waals surface area contributed by atoms with Crippen LogP contribution in [0, 0.1) is 0 Å². The molecule has 3 heterocycles. The Morgan fingerprint density at radius 3 is 2.64 bits per heavy atom. The summed E-state index contributed by atoms with van der Waals surface area (Å²) in [6, 6.07) is 18.7. The number of aromatic nitrogens is 3. The van der Waals surface area contributed by atoms with Gasteiger partial charge in [-0.1, -0.05) is 30.3 Å². The summed E-state index contributed by atoms with van der Waals surface area (Å²) in [4.78, 5) is 0. The van der Waals surface area contributed by atoms with Gasteiger partial charge in [-0.25, -0.2) is 4.52 Å². The van der Waals surface area contributed by atoms with E-state index in [0.717, 1.165) is 30.2 Å². The van der Waals surface area contributed by atoms with Gasteiger partial charge in [-0.05, 0) is 49.1 Å². The number of methoxy groups -OCH3 is 1. The highest BCUT2D eigenvalue weighted by atomic mass is 16.5. The fourth-order valence-electron chi connectivity index (χ4n) is 4.12. The first kappa shape index (κ1) is 16.9. The maximum Gasteiger partial charge on any atom is 0.150 e. The standard InChI is InChI=1S/C23H24N4O/c1-28-19-12-10-18(11-13-19)24-15-22-25-27-16-21(17-7-3-2-4-8-17)20-9-5-6-14-26(22)23(20)27/h2-4,7-8,10-13,16,24H,5-6,9,14-15H2,1H3. The molecule has 0 saturated heterocycles. The number of ether oxygens (including phenoxy) is 1. The second-order valence-corrected chi connectivity index (χ2v) is 7.26. The number of benzene rings is 2. The van der Waals surface area contributed by atoms with Crippen molar-refractivity contribution in [3.8, 4) is 16.9 Å². The van der Waals surface area contributed by atoms with Crippen molar-refractivity contribution in [1.29, 1.82) is 0 Å². The topological polar surface area (TPSA) is 43.5 Å². The molecule has 1 aliphatic heterocycles. The van der Waals surface area contributed by atoms with Crippen LogP contribution in [0.2, 0.25) is 0 Å². The lowest BCUT2D eigenvalue weighted by Gasteiger charge is -2.09. The maximum absolute atomic E-state index is 5.23. The number of aryl methyl sites for hydroxylation is 2. The van der Waals surface area contributed by atoms with Crippen molar-refractivity contribution < 1.29 is 4.74 Å². The first-order valence-electron chi connectivity index (χ1n) is 9.86. The van der Waals surface area contributed by atoms with E-state index in [1.165, 1.54) is 35.2 Å². The molecule has 2 aromatic heterocycles. The minimum Gasteiger partial charge on any atom is -0.497 e. The lowest BCUT2D eigenvalue weighted by atomic mass is 10.0. The Labute approximate surface area is 164 Å². The van der Waals surface area contributed by atoms with Crippen molar-refractivity contribution in [1.82, 2.24) is 14.2 Å². The monoisotopic (exact) mass is 372 g/mol. The third-order valence-corrected chi connectivity index (χ3v) is 5.54. The summed E-state index contributed by atoms with van der Waals surface area (Å²) in [5.41, 5.74) is 6.33. The van der Waals surface area contributed by atoms with Crippen molar-refractivity contribution in [3.63, 3.8) is 0 Å². The van der Waals surface area contributed by atoms with Crippen LogP contribution < -0.4 is 10.1 Å². The Hall–Kier alpha value is -3.21. The summed E-state index contributed by atoms with van der Waals surface area (Å²) in [6.07, 6.45) is 5.70. The number of rotatable bonds is 5. The molecular formula is C23H24N4O. The maximum atomic E-state index is 5.23. The van der Waals surface area contributed by atoms with Gasteiger partial charge < -0.3 is 14.6 Å². The molecule has 4 aromatic rings. The van der Waals surface area contributed by atoms with E-state index in [-0.39, 0.29) is 0 Å². The van der Waals surface area contributed by atoms with Gasteiger partial charge in [-0.2, -0.15) is 5.10 Å². The number of hydrogen-bond donors (Lipinski definition) is 1. The van der Waals surface area contributed by atoms with Crippen LogP contribution in [0.5, 0.6) is 5.75 Å². The molecule has 0 atom stereocenters. The van der Waals surface area contributed by atoms with Crippen LogP contribution in [0.25, 0.3) is 16.8 Å². The predicted octanol–water partition coefficient (Wildman–Crippen LogP) is 4.76. The smallest absolute Gasteiger partial charge is 0.150 e. The second-order valence-electron chi connectivity index (χ2n) is 7.26. The quantitative estimate of drug-likeness (QED) is 0.549. The van der Waals surface area contributed by atoms with Gasteiger partial charge >= 0.3 is 0 Å². The molecule has 142 valence electrons. The van der Waals surface area contributed by atoms with E-state index < -0.39 is 0 Å². The highest BCUT2D eigenvalue weighted by molar-refractivity contribution is 5.75. The van der Waals surface area contributed by atoms with E-state index in [4.69, 9.17) is 9.84 Å². The predicted molar refractivity (Wildman–Crippen MR) is 112 cm³/mol. The van der Waals surface area contributed by atoms with E-state index in [2.05, 4.69) is 50.9 Å². The lowest BCUT2D eigenvalue weighted by Crippen LogP contribution is -2.09. The third-order valence-electron chi connectivity index (χ3n) is 5.54. The van der Waals surface area contributed by atoms with E-state index >= 15 is 0 Å². The van der Waals surface area contributed by atoms with Crippen LogP contribution in [0.3, 0.4) is 0 Å². The fourth-order valence-corrected chi connectivity index (χ4v) is 4.12. The first-order chi connectivity index (χ1) is 13.8. The highest BCUT2D eigenvalue weighted by Crippen LogP contribution is 2.32. The van der Waals surface area contributed by atoms with Crippen molar-refractivity contribution in [3.05, 3.63) is 72.2 Å². The van der Waals surface area contributed by atoms with E-state index in [1.54, 1.807) is 7.11 Å². The average molecular weight is 372 g/mol. The first-order valence-corrected chi connectivity index (χ1v) is 9.86. The minimum absolute atomic E-state index is 0.702. The average Bonchev–Trinajstić information content (AvgIpc) is 3.17. The van der Waals surface area contributed by atoms with E-state index in [9.17, 15) is 0 Å². The molecule has 5 nitrogen and oxygen atoms in total. The van der Waals surface area contributed by atoms with E-state index in [0.29, 0.717) is 6.54 Å². The zero-order chi connectivity index (χ0) is 18.9. The zero-order valence-electron chi connectivity index (χ0n) is 16.1. The van der Waals surface area contributed by atoms with Gasteiger partial charge in [0.1, 0.15) is 11.4 Å². The normalized spacial score (nSPS) is 13.5. The summed E-state index contributed by atoms with van der Waals surface area (Å²) in [7, 11) is 1.69. The van der Waals surface area contributed by atoms with Gasteiger partial charge in [-0.3, -0.25) is 0 Å². The molecule has 28 heavy (non-hydrogen) atoms. The Bertz CT molecular complexity index is 1090.